The molecule has 0 aliphatic carbocycles. The van der Waals surface area contributed by atoms with Gasteiger partial charge in [-0.2, -0.15) is 0 Å². The number of rotatable bonds is 8. The zero-order chi connectivity index (χ0) is 20.8. The highest BCUT2D eigenvalue weighted by molar-refractivity contribution is 7.09. The maximum atomic E-state index is 14.1. The van der Waals surface area contributed by atoms with Gasteiger partial charge in [-0.15, -0.1) is 11.3 Å². The summed E-state index contributed by atoms with van der Waals surface area (Å²) < 4.78 is 19.9. The van der Waals surface area contributed by atoms with Crippen LogP contribution < -0.4 is 4.74 Å². The molecule has 0 N–H and O–H groups in total. The van der Waals surface area contributed by atoms with E-state index in [4.69, 9.17) is 4.74 Å². The van der Waals surface area contributed by atoms with Crippen molar-refractivity contribution in [2.45, 2.75) is 46.4 Å². The fraction of sp³-hybridized carbons (Fsp3) is 0.304. The molecular formula is C23H25FN2O2S. The maximum Gasteiger partial charge on any atom is 0.257 e. The molecule has 1 aromatic heterocycles. The van der Waals surface area contributed by atoms with Gasteiger partial charge < -0.3 is 9.64 Å². The minimum Gasteiger partial charge on any atom is -0.486 e. The Morgan fingerprint density at radius 3 is 2.76 bits per heavy atom. The van der Waals surface area contributed by atoms with Crippen LogP contribution in [0.3, 0.4) is 0 Å². The summed E-state index contributed by atoms with van der Waals surface area (Å²) in [6.07, 6.45) is 0.771. The Morgan fingerprint density at radius 1 is 1.24 bits per heavy atom. The lowest BCUT2D eigenvalue weighted by Gasteiger charge is -2.28. The summed E-state index contributed by atoms with van der Waals surface area (Å²) in [6, 6.07) is 13.9. The molecule has 0 saturated carbocycles. The van der Waals surface area contributed by atoms with Gasteiger partial charge in [-0.3, -0.25) is 4.79 Å². The van der Waals surface area contributed by atoms with E-state index in [1.54, 1.807) is 17.0 Å². The zero-order valence-corrected chi connectivity index (χ0v) is 17.7. The number of aromatic nitrogens is 1. The molecule has 2 aromatic carbocycles. The van der Waals surface area contributed by atoms with Crippen LogP contribution in [-0.4, -0.2) is 21.8 Å². The van der Waals surface area contributed by atoms with Gasteiger partial charge in [-0.25, -0.2) is 9.37 Å². The summed E-state index contributed by atoms with van der Waals surface area (Å²) >= 11 is 1.50. The number of halogens is 1. The SMILES string of the molecule is CCC(C)N(Cc1csc(COc2cccc(C)c2)n1)C(=O)c1ccccc1F. The van der Waals surface area contributed by atoms with Gasteiger partial charge in [-0.05, 0) is 50.1 Å². The molecule has 0 radical (unpaired) electrons. The molecule has 3 rings (SSSR count). The van der Waals surface area contributed by atoms with Gasteiger partial charge in [0.25, 0.3) is 5.91 Å². The number of thiazole rings is 1. The van der Waals surface area contributed by atoms with Crippen LogP contribution in [0, 0.1) is 12.7 Å². The lowest BCUT2D eigenvalue weighted by Crippen LogP contribution is -2.38. The van der Waals surface area contributed by atoms with E-state index in [0.717, 1.165) is 28.4 Å². The van der Waals surface area contributed by atoms with E-state index < -0.39 is 5.82 Å². The highest BCUT2D eigenvalue weighted by Gasteiger charge is 2.24. The van der Waals surface area contributed by atoms with Crippen molar-refractivity contribution in [3.8, 4) is 5.75 Å². The van der Waals surface area contributed by atoms with Gasteiger partial charge in [0.15, 0.2) is 0 Å². The Balaban J connectivity index is 1.70. The molecule has 3 aromatic rings. The number of hydrogen-bond acceptors (Lipinski definition) is 4. The van der Waals surface area contributed by atoms with Crippen molar-refractivity contribution < 1.29 is 13.9 Å². The Bertz CT molecular complexity index is 973. The Hall–Kier alpha value is -2.73. The van der Waals surface area contributed by atoms with Crippen LogP contribution in [0.25, 0.3) is 0 Å². The molecule has 0 aliphatic rings. The lowest BCUT2D eigenvalue weighted by atomic mass is 10.1. The van der Waals surface area contributed by atoms with Crippen molar-refractivity contribution in [2.75, 3.05) is 0 Å². The van der Waals surface area contributed by atoms with E-state index in [1.165, 1.54) is 23.5 Å². The molecule has 0 spiro atoms. The smallest absolute Gasteiger partial charge is 0.257 e. The van der Waals surface area contributed by atoms with Crippen molar-refractivity contribution in [2.24, 2.45) is 0 Å². The molecule has 0 bridgehead atoms. The monoisotopic (exact) mass is 412 g/mol. The third kappa shape index (κ3) is 5.41. The van der Waals surface area contributed by atoms with Crippen LogP contribution in [0.4, 0.5) is 4.39 Å². The number of aryl methyl sites for hydroxylation is 1. The van der Waals surface area contributed by atoms with E-state index in [1.807, 2.05) is 50.4 Å². The summed E-state index contributed by atoms with van der Waals surface area (Å²) in [5.41, 5.74) is 2.01. The fourth-order valence-corrected chi connectivity index (χ4v) is 3.65. The standard InChI is InChI=1S/C23H25FN2O2S/c1-4-17(3)26(23(27)20-10-5-6-11-21(20)24)13-18-15-29-22(25-18)14-28-19-9-7-8-16(2)12-19/h5-12,15,17H,4,13-14H2,1-3H3. The van der Waals surface area contributed by atoms with Crippen LogP contribution in [-0.2, 0) is 13.2 Å². The Labute approximate surface area is 175 Å². The van der Waals surface area contributed by atoms with Crippen LogP contribution in [0.5, 0.6) is 5.75 Å². The van der Waals surface area contributed by atoms with Crippen LogP contribution in [0.1, 0.15) is 46.9 Å². The summed E-state index contributed by atoms with van der Waals surface area (Å²) in [4.78, 5) is 19.2. The third-order valence-electron chi connectivity index (χ3n) is 4.77. The molecule has 152 valence electrons. The predicted octanol–water partition coefficient (Wildman–Crippen LogP) is 5.61. The molecule has 0 fully saturated rings. The first kappa shape index (κ1) is 21.0. The Kier molecular flexibility index (Phi) is 6.99. The van der Waals surface area contributed by atoms with E-state index in [0.29, 0.717) is 13.2 Å². The second-order valence-electron chi connectivity index (χ2n) is 7.01. The number of benzene rings is 2. The van der Waals surface area contributed by atoms with Gasteiger partial charge >= 0.3 is 0 Å². The second kappa shape index (κ2) is 9.65. The van der Waals surface area contributed by atoms with E-state index in [2.05, 4.69) is 4.98 Å². The van der Waals surface area contributed by atoms with Crippen molar-refractivity contribution in [1.82, 2.24) is 9.88 Å². The molecule has 1 amide bonds. The van der Waals surface area contributed by atoms with Crippen LogP contribution in [0.15, 0.2) is 53.9 Å². The molecule has 4 nitrogen and oxygen atoms in total. The zero-order valence-electron chi connectivity index (χ0n) is 16.9. The van der Waals surface area contributed by atoms with Gasteiger partial charge in [0.2, 0.25) is 0 Å². The van der Waals surface area contributed by atoms with Crippen molar-refractivity contribution in [3.05, 3.63) is 81.6 Å². The quantitative estimate of drug-likeness (QED) is 0.483. The minimum absolute atomic E-state index is 0.0317. The topological polar surface area (TPSA) is 42.4 Å². The van der Waals surface area contributed by atoms with Crippen molar-refractivity contribution in [1.29, 1.82) is 0 Å². The fourth-order valence-electron chi connectivity index (χ4n) is 2.95. The molecule has 1 atom stereocenters. The summed E-state index contributed by atoms with van der Waals surface area (Å²) in [5.74, 6) is -0.0166. The van der Waals surface area contributed by atoms with Gasteiger partial charge in [0, 0.05) is 11.4 Å². The lowest BCUT2D eigenvalue weighted by molar-refractivity contribution is 0.0664. The van der Waals surface area contributed by atoms with E-state index >= 15 is 0 Å². The van der Waals surface area contributed by atoms with Gasteiger partial charge in [-0.1, -0.05) is 31.2 Å². The summed E-state index contributed by atoms with van der Waals surface area (Å²) in [5, 5.41) is 2.77. The highest BCUT2D eigenvalue weighted by atomic mass is 32.1. The molecule has 29 heavy (non-hydrogen) atoms. The second-order valence-corrected chi connectivity index (χ2v) is 7.95. The number of ether oxygens (including phenoxy) is 1. The molecule has 6 heteroatoms. The molecule has 1 heterocycles. The third-order valence-corrected chi connectivity index (χ3v) is 5.64. The average molecular weight is 413 g/mol. The number of carbonyl (C=O) groups excluding carboxylic acids is 1. The minimum atomic E-state index is -0.503. The van der Waals surface area contributed by atoms with Crippen molar-refractivity contribution >= 4 is 17.2 Å². The largest absolute Gasteiger partial charge is 0.486 e. The highest BCUT2D eigenvalue weighted by Crippen LogP contribution is 2.20. The molecular weight excluding hydrogens is 387 g/mol. The number of amides is 1. The Morgan fingerprint density at radius 2 is 2.03 bits per heavy atom. The van der Waals surface area contributed by atoms with Crippen LogP contribution in [0.2, 0.25) is 0 Å². The molecule has 0 aliphatic heterocycles. The van der Waals surface area contributed by atoms with Gasteiger partial charge in [0.1, 0.15) is 23.2 Å². The number of nitrogens with zero attached hydrogens (tertiary/aromatic N) is 2. The number of carbonyl (C=O) groups is 1. The predicted molar refractivity (Wildman–Crippen MR) is 114 cm³/mol. The van der Waals surface area contributed by atoms with E-state index in [-0.39, 0.29) is 17.5 Å². The maximum absolute atomic E-state index is 14.1. The number of hydrogen-bond donors (Lipinski definition) is 0. The van der Waals surface area contributed by atoms with Gasteiger partial charge in [0.05, 0.1) is 17.8 Å². The van der Waals surface area contributed by atoms with Crippen molar-refractivity contribution in [3.63, 3.8) is 0 Å². The average Bonchev–Trinajstić information content (AvgIpc) is 3.17. The first-order valence-electron chi connectivity index (χ1n) is 9.66. The first-order valence-corrected chi connectivity index (χ1v) is 10.5. The first-order chi connectivity index (χ1) is 14.0. The van der Waals surface area contributed by atoms with E-state index in [9.17, 15) is 9.18 Å². The summed E-state index contributed by atoms with van der Waals surface area (Å²) in [6.45, 7) is 6.70. The summed E-state index contributed by atoms with van der Waals surface area (Å²) in [7, 11) is 0. The van der Waals surface area contributed by atoms with Crippen LogP contribution >= 0.6 is 11.3 Å². The molecule has 1 unspecified atom stereocenters. The molecule has 0 saturated heterocycles. The normalized spacial score (nSPS) is 11.9.